The van der Waals surface area contributed by atoms with Crippen LogP contribution in [0.5, 0.6) is 0 Å². The zero-order chi connectivity index (χ0) is 8.13. The number of aryl methyl sites for hydroxylation is 1. The molecule has 0 bridgehead atoms. The van der Waals surface area contributed by atoms with E-state index in [1.807, 2.05) is 0 Å². The lowest BCUT2D eigenvalue weighted by molar-refractivity contribution is 0.843. The van der Waals surface area contributed by atoms with Gasteiger partial charge in [0, 0.05) is 13.1 Å². The third-order valence-electron chi connectivity index (χ3n) is 2.86. The molecule has 62 valence electrons. The van der Waals surface area contributed by atoms with E-state index in [1.165, 1.54) is 42.7 Å². The van der Waals surface area contributed by atoms with Crippen LogP contribution in [0, 0.1) is 0 Å². The van der Waals surface area contributed by atoms with Crippen LogP contribution in [0.3, 0.4) is 0 Å². The Balaban J connectivity index is 2.14. The van der Waals surface area contributed by atoms with Gasteiger partial charge >= 0.3 is 0 Å². The van der Waals surface area contributed by atoms with Gasteiger partial charge in [-0.1, -0.05) is 6.07 Å². The van der Waals surface area contributed by atoms with Crippen molar-refractivity contribution in [1.29, 1.82) is 0 Å². The normalized spacial score (nSPS) is 18.5. The van der Waals surface area contributed by atoms with E-state index in [-0.39, 0.29) is 0 Å². The van der Waals surface area contributed by atoms with E-state index in [4.69, 9.17) is 5.73 Å². The molecular weight excluding hydrogens is 148 g/mol. The Kier molecular flexibility index (Phi) is 1.03. The van der Waals surface area contributed by atoms with Crippen LogP contribution < -0.4 is 10.6 Å². The second-order valence-corrected chi connectivity index (χ2v) is 3.62. The van der Waals surface area contributed by atoms with E-state index in [1.54, 1.807) is 0 Å². The smallest absolute Gasteiger partial charge is 0.0604 e. The lowest BCUT2D eigenvalue weighted by Gasteiger charge is -2.23. The molecule has 0 spiro atoms. The van der Waals surface area contributed by atoms with Crippen LogP contribution in [0.2, 0.25) is 0 Å². The first kappa shape index (κ1) is 6.35. The predicted molar refractivity (Wildman–Crippen MR) is 50.5 cm³/mol. The second-order valence-electron chi connectivity index (χ2n) is 3.62. The van der Waals surface area contributed by atoms with Crippen LogP contribution in [0.4, 0.5) is 11.4 Å². The van der Waals surface area contributed by atoms with Gasteiger partial charge in [-0.2, -0.15) is 0 Å². The molecule has 12 heavy (non-hydrogen) atoms. The van der Waals surface area contributed by atoms with E-state index in [9.17, 15) is 0 Å². The third-order valence-corrected chi connectivity index (χ3v) is 2.86. The molecule has 1 aromatic carbocycles. The minimum Gasteiger partial charge on any atom is -0.397 e. The van der Waals surface area contributed by atoms with Crippen molar-refractivity contribution in [3.8, 4) is 0 Å². The molecule has 1 saturated heterocycles. The van der Waals surface area contributed by atoms with Gasteiger partial charge in [0.05, 0.1) is 11.4 Å². The van der Waals surface area contributed by atoms with Crippen LogP contribution >= 0.6 is 0 Å². The van der Waals surface area contributed by atoms with Crippen molar-refractivity contribution in [3.63, 3.8) is 0 Å². The summed E-state index contributed by atoms with van der Waals surface area (Å²) in [6.07, 6.45) is 2.41. The summed E-state index contributed by atoms with van der Waals surface area (Å²) in [4.78, 5) is 2.31. The fourth-order valence-electron chi connectivity index (χ4n) is 1.88. The van der Waals surface area contributed by atoms with Crippen molar-refractivity contribution in [3.05, 3.63) is 23.3 Å². The SMILES string of the molecule is Nc1c(N2CC2)ccc2c1CC2. The zero-order valence-corrected chi connectivity index (χ0v) is 7.01. The summed E-state index contributed by atoms with van der Waals surface area (Å²) in [6.45, 7) is 2.37. The summed E-state index contributed by atoms with van der Waals surface area (Å²) in [6, 6.07) is 4.39. The fraction of sp³-hybridized carbons (Fsp3) is 0.400. The molecule has 0 amide bonds. The van der Waals surface area contributed by atoms with Crippen LogP contribution in [0.25, 0.3) is 0 Å². The van der Waals surface area contributed by atoms with Gasteiger partial charge in [0.1, 0.15) is 0 Å². The van der Waals surface area contributed by atoms with E-state index < -0.39 is 0 Å². The Hall–Kier alpha value is -1.18. The monoisotopic (exact) mass is 160 g/mol. The molecule has 2 nitrogen and oxygen atoms in total. The molecule has 1 aliphatic heterocycles. The summed E-state index contributed by atoms with van der Waals surface area (Å²) in [5.41, 5.74) is 11.2. The Morgan fingerprint density at radius 1 is 1.17 bits per heavy atom. The molecule has 0 aromatic heterocycles. The van der Waals surface area contributed by atoms with Crippen LogP contribution in [-0.4, -0.2) is 13.1 Å². The zero-order valence-electron chi connectivity index (χ0n) is 7.01. The van der Waals surface area contributed by atoms with Crippen molar-refractivity contribution < 1.29 is 0 Å². The van der Waals surface area contributed by atoms with Crippen molar-refractivity contribution in [2.24, 2.45) is 0 Å². The molecule has 3 rings (SSSR count). The highest BCUT2D eigenvalue weighted by molar-refractivity contribution is 5.76. The Morgan fingerprint density at radius 3 is 2.58 bits per heavy atom. The first-order valence-corrected chi connectivity index (χ1v) is 4.51. The topological polar surface area (TPSA) is 29.0 Å². The van der Waals surface area contributed by atoms with E-state index in [2.05, 4.69) is 17.0 Å². The Labute approximate surface area is 72.0 Å². The van der Waals surface area contributed by atoms with Gasteiger partial charge in [0.15, 0.2) is 0 Å². The van der Waals surface area contributed by atoms with Crippen LogP contribution in [-0.2, 0) is 12.8 Å². The van der Waals surface area contributed by atoms with Crippen molar-refractivity contribution >= 4 is 11.4 Å². The quantitative estimate of drug-likeness (QED) is 0.494. The van der Waals surface area contributed by atoms with Gasteiger partial charge in [-0.15, -0.1) is 0 Å². The number of nitrogen functional groups attached to an aromatic ring is 1. The van der Waals surface area contributed by atoms with Gasteiger partial charge < -0.3 is 10.6 Å². The molecule has 2 aliphatic rings. The van der Waals surface area contributed by atoms with Crippen LogP contribution in [0.15, 0.2) is 12.1 Å². The number of hydrogen-bond donors (Lipinski definition) is 1. The summed E-state index contributed by atoms with van der Waals surface area (Å²) in [5, 5.41) is 0. The first-order chi connectivity index (χ1) is 5.86. The maximum absolute atomic E-state index is 6.03. The number of rotatable bonds is 1. The van der Waals surface area contributed by atoms with Gasteiger partial charge in [0.2, 0.25) is 0 Å². The average molecular weight is 160 g/mol. The maximum Gasteiger partial charge on any atom is 0.0604 e. The predicted octanol–water partition coefficient (Wildman–Crippen LogP) is 1.19. The summed E-state index contributed by atoms with van der Waals surface area (Å²) < 4.78 is 0. The number of nitrogens with zero attached hydrogens (tertiary/aromatic N) is 1. The molecular formula is C10H12N2. The summed E-state index contributed by atoms with van der Waals surface area (Å²) in [7, 11) is 0. The number of benzene rings is 1. The number of nitrogens with two attached hydrogens (primary N) is 1. The van der Waals surface area contributed by atoms with Crippen LogP contribution in [0.1, 0.15) is 11.1 Å². The Bertz CT molecular complexity index is 340. The highest BCUT2D eigenvalue weighted by Crippen LogP contribution is 2.37. The number of anilines is 2. The van der Waals surface area contributed by atoms with E-state index >= 15 is 0 Å². The molecule has 1 aliphatic carbocycles. The lowest BCUT2D eigenvalue weighted by Crippen LogP contribution is -2.13. The number of fused-ring (bicyclic) bond motifs is 1. The standard InChI is InChI=1S/C10H12N2/c11-10-8-3-1-7(8)2-4-9(10)12-5-6-12/h2,4H,1,3,5-6,11H2. The minimum absolute atomic E-state index is 1.04. The second kappa shape index (κ2) is 1.94. The average Bonchev–Trinajstić information content (AvgIpc) is 2.75. The van der Waals surface area contributed by atoms with Gasteiger partial charge in [-0.3, -0.25) is 0 Å². The van der Waals surface area contributed by atoms with Crippen molar-refractivity contribution in [2.75, 3.05) is 23.7 Å². The number of hydrogen-bond acceptors (Lipinski definition) is 2. The molecule has 2 heteroatoms. The first-order valence-electron chi connectivity index (χ1n) is 4.51. The molecule has 2 N–H and O–H groups in total. The van der Waals surface area contributed by atoms with Gasteiger partial charge in [0.25, 0.3) is 0 Å². The molecule has 0 unspecified atom stereocenters. The van der Waals surface area contributed by atoms with Crippen molar-refractivity contribution in [1.82, 2.24) is 0 Å². The molecule has 1 heterocycles. The molecule has 0 saturated carbocycles. The van der Waals surface area contributed by atoms with Crippen molar-refractivity contribution in [2.45, 2.75) is 12.8 Å². The molecule has 1 fully saturated rings. The Morgan fingerprint density at radius 2 is 2.00 bits per heavy atom. The molecule has 1 aromatic rings. The van der Waals surface area contributed by atoms with E-state index in [0.29, 0.717) is 0 Å². The highest BCUT2D eigenvalue weighted by atomic mass is 15.3. The highest BCUT2D eigenvalue weighted by Gasteiger charge is 2.25. The van der Waals surface area contributed by atoms with Gasteiger partial charge in [-0.05, 0) is 30.0 Å². The maximum atomic E-state index is 6.03. The molecule has 0 atom stereocenters. The van der Waals surface area contributed by atoms with E-state index in [0.717, 1.165) is 5.69 Å². The third kappa shape index (κ3) is 0.697. The minimum atomic E-state index is 1.04. The summed E-state index contributed by atoms with van der Waals surface area (Å²) in [5.74, 6) is 0. The fourth-order valence-corrected chi connectivity index (χ4v) is 1.88. The summed E-state index contributed by atoms with van der Waals surface area (Å²) >= 11 is 0. The van der Waals surface area contributed by atoms with Gasteiger partial charge in [-0.25, -0.2) is 0 Å². The lowest BCUT2D eigenvalue weighted by atomic mass is 9.86. The molecule has 0 radical (unpaired) electrons. The largest absolute Gasteiger partial charge is 0.397 e.